The number of halogens is 1. The second kappa shape index (κ2) is 12.4. The van der Waals surface area contributed by atoms with Crippen molar-refractivity contribution in [1.82, 2.24) is 4.90 Å². The van der Waals surface area contributed by atoms with E-state index in [1.54, 1.807) is 60.7 Å². The third kappa shape index (κ3) is 6.62. The first-order valence-corrected chi connectivity index (χ1v) is 13.2. The van der Waals surface area contributed by atoms with Gasteiger partial charge in [0.15, 0.2) is 0 Å². The van der Waals surface area contributed by atoms with Crippen molar-refractivity contribution in [3.63, 3.8) is 0 Å². The van der Waals surface area contributed by atoms with Gasteiger partial charge in [-0.2, -0.15) is 5.26 Å². The minimum absolute atomic E-state index is 0.215. The molecule has 0 aliphatic carbocycles. The van der Waals surface area contributed by atoms with Crippen LogP contribution in [0.15, 0.2) is 76.1 Å². The number of nitriles is 1. The molecule has 0 unspecified atom stereocenters. The predicted octanol–water partition coefficient (Wildman–Crippen LogP) is 5.97. The summed E-state index contributed by atoms with van der Waals surface area (Å²) in [6, 6.07) is 21.4. The maximum absolute atomic E-state index is 12.9. The standard InChI is InChI=1S/C28H22BrN3O5S/c1-2-36-22-10-8-21(9-11-22)31-26(33)16-32-27(34)25(38-28(32)35)14-18-7-12-24(23(29)13-18)37-17-20-6-4-3-5-19(20)15-30/h3-14H,2,16-17H2,1H3,(H,31,33)/b25-14+. The minimum atomic E-state index is -0.536. The molecule has 3 aromatic rings. The molecule has 38 heavy (non-hydrogen) atoms. The van der Waals surface area contributed by atoms with Gasteiger partial charge in [0.2, 0.25) is 5.91 Å². The molecule has 10 heteroatoms. The number of hydrogen-bond acceptors (Lipinski definition) is 7. The lowest BCUT2D eigenvalue weighted by Crippen LogP contribution is -2.36. The zero-order valence-electron chi connectivity index (χ0n) is 20.3. The van der Waals surface area contributed by atoms with Crippen LogP contribution in [0.25, 0.3) is 6.08 Å². The number of anilines is 1. The van der Waals surface area contributed by atoms with Crippen molar-refractivity contribution in [2.24, 2.45) is 0 Å². The zero-order chi connectivity index (χ0) is 27.1. The third-order valence-electron chi connectivity index (χ3n) is 5.40. The van der Waals surface area contributed by atoms with Crippen molar-refractivity contribution >= 4 is 56.5 Å². The van der Waals surface area contributed by atoms with Gasteiger partial charge in [-0.15, -0.1) is 0 Å². The van der Waals surface area contributed by atoms with Crippen LogP contribution < -0.4 is 14.8 Å². The molecule has 0 saturated carbocycles. The molecule has 0 aromatic heterocycles. The SMILES string of the molecule is CCOc1ccc(NC(=O)CN2C(=O)S/C(=C/c3ccc(OCc4ccccc4C#N)c(Br)c3)C2=O)cc1. The van der Waals surface area contributed by atoms with Gasteiger partial charge in [-0.3, -0.25) is 19.3 Å². The first-order chi connectivity index (χ1) is 18.4. The lowest BCUT2D eigenvalue weighted by molar-refractivity contribution is -0.127. The smallest absolute Gasteiger partial charge is 0.294 e. The van der Waals surface area contributed by atoms with E-state index in [-0.39, 0.29) is 11.5 Å². The average molecular weight is 592 g/mol. The number of nitrogens with zero attached hydrogens (tertiary/aromatic N) is 2. The van der Waals surface area contributed by atoms with Gasteiger partial charge in [-0.1, -0.05) is 24.3 Å². The van der Waals surface area contributed by atoms with Gasteiger partial charge in [0.1, 0.15) is 24.7 Å². The molecule has 0 atom stereocenters. The number of carbonyl (C=O) groups is 3. The Morgan fingerprint density at radius 3 is 2.58 bits per heavy atom. The van der Waals surface area contributed by atoms with Crippen LogP contribution in [-0.4, -0.2) is 35.1 Å². The first kappa shape index (κ1) is 27.0. The highest BCUT2D eigenvalue weighted by Crippen LogP contribution is 2.34. The molecule has 3 amide bonds. The van der Waals surface area contributed by atoms with E-state index < -0.39 is 23.6 Å². The average Bonchev–Trinajstić information content (AvgIpc) is 3.16. The van der Waals surface area contributed by atoms with Gasteiger partial charge >= 0.3 is 0 Å². The Kier molecular flexibility index (Phi) is 8.84. The summed E-state index contributed by atoms with van der Waals surface area (Å²) in [5.41, 5.74) is 2.52. The summed E-state index contributed by atoms with van der Waals surface area (Å²) >= 11 is 4.25. The second-order valence-electron chi connectivity index (χ2n) is 8.02. The fraction of sp³-hybridized carbons (Fsp3) is 0.143. The molecule has 1 fully saturated rings. The summed E-state index contributed by atoms with van der Waals surface area (Å²) in [6.45, 7) is 2.24. The topological polar surface area (TPSA) is 109 Å². The van der Waals surface area contributed by atoms with Crippen LogP contribution in [0.3, 0.4) is 0 Å². The normalized spacial score (nSPS) is 13.9. The molecule has 4 rings (SSSR count). The molecule has 192 valence electrons. The van der Waals surface area contributed by atoms with Crippen molar-refractivity contribution in [1.29, 1.82) is 5.26 Å². The number of imide groups is 1. The van der Waals surface area contributed by atoms with Crippen molar-refractivity contribution in [2.45, 2.75) is 13.5 Å². The van der Waals surface area contributed by atoms with E-state index in [9.17, 15) is 19.6 Å². The van der Waals surface area contributed by atoms with E-state index in [1.165, 1.54) is 0 Å². The molecule has 1 aliphatic heterocycles. The summed E-state index contributed by atoms with van der Waals surface area (Å²) < 4.78 is 11.9. The van der Waals surface area contributed by atoms with Crippen LogP contribution in [0, 0.1) is 11.3 Å². The van der Waals surface area contributed by atoms with Gasteiger partial charge in [0.25, 0.3) is 11.1 Å². The van der Waals surface area contributed by atoms with Crippen molar-refractivity contribution in [3.05, 3.63) is 92.8 Å². The highest BCUT2D eigenvalue weighted by atomic mass is 79.9. The number of amides is 3. The van der Waals surface area contributed by atoms with Crippen molar-refractivity contribution < 1.29 is 23.9 Å². The maximum atomic E-state index is 12.9. The molecular formula is C28H22BrN3O5S. The molecule has 1 heterocycles. The maximum Gasteiger partial charge on any atom is 0.294 e. The molecule has 1 N–H and O–H groups in total. The number of rotatable bonds is 9. The largest absolute Gasteiger partial charge is 0.494 e. The van der Waals surface area contributed by atoms with E-state index >= 15 is 0 Å². The molecule has 0 bridgehead atoms. The summed E-state index contributed by atoms with van der Waals surface area (Å²) in [7, 11) is 0. The number of thioether (sulfide) groups is 1. The molecule has 3 aromatic carbocycles. The molecule has 0 radical (unpaired) electrons. The summed E-state index contributed by atoms with van der Waals surface area (Å²) in [5, 5.41) is 11.4. The Morgan fingerprint density at radius 2 is 1.87 bits per heavy atom. The monoisotopic (exact) mass is 591 g/mol. The van der Waals surface area contributed by atoms with Crippen molar-refractivity contribution in [2.75, 3.05) is 18.5 Å². The number of ether oxygens (including phenoxy) is 2. The molecule has 1 aliphatic rings. The molecular weight excluding hydrogens is 570 g/mol. The van der Waals surface area contributed by atoms with Crippen molar-refractivity contribution in [3.8, 4) is 17.6 Å². The first-order valence-electron chi connectivity index (χ1n) is 11.6. The third-order valence-corrected chi connectivity index (χ3v) is 6.93. The van der Waals surface area contributed by atoms with E-state index in [0.29, 0.717) is 39.4 Å². The van der Waals surface area contributed by atoms with E-state index in [1.807, 2.05) is 19.1 Å². The van der Waals surface area contributed by atoms with Crippen LogP contribution in [0.1, 0.15) is 23.6 Å². The van der Waals surface area contributed by atoms with Crippen LogP contribution in [-0.2, 0) is 16.2 Å². The number of benzene rings is 3. The zero-order valence-corrected chi connectivity index (χ0v) is 22.7. The van der Waals surface area contributed by atoms with Gasteiger partial charge < -0.3 is 14.8 Å². The summed E-state index contributed by atoms with van der Waals surface area (Å²) in [4.78, 5) is 38.9. The van der Waals surface area contributed by atoms with E-state index in [4.69, 9.17) is 9.47 Å². The highest BCUT2D eigenvalue weighted by Gasteiger charge is 2.36. The Hall–Kier alpha value is -4.07. The molecule has 8 nitrogen and oxygen atoms in total. The number of nitrogens with one attached hydrogen (secondary N) is 1. The lowest BCUT2D eigenvalue weighted by Gasteiger charge is -2.13. The lowest BCUT2D eigenvalue weighted by atomic mass is 10.1. The Labute approximate surface area is 232 Å². The van der Waals surface area contributed by atoms with Crippen LogP contribution >= 0.6 is 27.7 Å². The van der Waals surface area contributed by atoms with Crippen LogP contribution in [0.4, 0.5) is 10.5 Å². The second-order valence-corrected chi connectivity index (χ2v) is 9.87. The van der Waals surface area contributed by atoms with Crippen LogP contribution in [0.2, 0.25) is 0 Å². The predicted molar refractivity (Wildman–Crippen MR) is 149 cm³/mol. The Bertz CT molecular complexity index is 1450. The highest BCUT2D eigenvalue weighted by molar-refractivity contribution is 9.10. The van der Waals surface area contributed by atoms with E-state index in [2.05, 4.69) is 27.3 Å². The van der Waals surface area contributed by atoms with E-state index in [0.717, 1.165) is 22.2 Å². The minimum Gasteiger partial charge on any atom is -0.494 e. The fourth-order valence-electron chi connectivity index (χ4n) is 3.57. The molecule has 1 saturated heterocycles. The molecule has 0 spiro atoms. The number of hydrogen-bond donors (Lipinski definition) is 1. The van der Waals surface area contributed by atoms with Gasteiger partial charge in [-0.05, 0) is 88.7 Å². The Balaban J connectivity index is 1.38. The van der Waals surface area contributed by atoms with Crippen LogP contribution in [0.5, 0.6) is 11.5 Å². The summed E-state index contributed by atoms with van der Waals surface area (Å²) in [5.74, 6) is 0.220. The summed E-state index contributed by atoms with van der Waals surface area (Å²) in [6.07, 6.45) is 1.59. The van der Waals surface area contributed by atoms with Gasteiger partial charge in [0, 0.05) is 11.3 Å². The van der Waals surface area contributed by atoms with Gasteiger partial charge in [-0.25, -0.2) is 0 Å². The quantitative estimate of drug-likeness (QED) is 0.305. The number of carbonyl (C=O) groups excluding carboxylic acids is 3. The Morgan fingerprint density at radius 1 is 1.11 bits per heavy atom. The van der Waals surface area contributed by atoms with Gasteiger partial charge in [0.05, 0.1) is 27.6 Å². The fourth-order valence-corrected chi connectivity index (χ4v) is 4.92.